The predicted octanol–water partition coefficient (Wildman–Crippen LogP) is 1.95. The summed E-state index contributed by atoms with van der Waals surface area (Å²) in [5.41, 5.74) is -1.90. The Hall–Kier alpha value is -3.29. The van der Waals surface area contributed by atoms with Gasteiger partial charge in [0, 0.05) is 92.8 Å². The summed E-state index contributed by atoms with van der Waals surface area (Å²) < 4.78 is 38.2. The van der Waals surface area contributed by atoms with E-state index in [1.807, 2.05) is 20.8 Å². The number of benzene rings is 2. The van der Waals surface area contributed by atoms with Crippen molar-refractivity contribution in [3.8, 4) is 5.75 Å². The molecular weight excluding hydrogens is 774 g/mol. The third-order valence-corrected chi connectivity index (χ3v) is 9.64. The predicted molar refractivity (Wildman–Crippen MR) is 219 cm³/mol. The van der Waals surface area contributed by atoms with Gasteiger partial charge in [-0.3, -0.25) is 10.1 Å². The zero-order chi connectivity index (χ0) is 39.5. The number of aliphatic hydroxyl groups is 1. The van der Waals surface area contributed by atoms with E-state index in [4.69, 9.17) is 21.1 Å². The number of likely N-dealkylation sites (N-methyl/N-ethyl adjacent to an activating group) is 1. The Kier molecular flexibility index (Phi) is 18.0. The fraction of sp³-hybridized carbons (Fsp3) is 0.541. The third-order valence-electron chi connectivity index (χ3n) is 9.35. The van der Waals surface area contributed by atoms with E-state index >= 15 is 0 Å². The maximum absolute atomic E-state index is 13.9. The number of methoxy groups -OCH3 is 1. The Bertz CT molecular complexity index is 1840. The molecule has 4 atom stereocenters. The third kappa shape index (κ3) is 13.1. The number of nitro benzene ring substituents is 1. The summed E-state index contributed by atoms with van der Waals surface area (Å²) in [6.07, 6.45) is 1.21. The van der Waals surface area contributed by atoms with Crippen molar-refractivity contribution >= 4 is 63.9 Å². The molecule has 5 heterocycles. The molecule has 2 aromatic carbocycles. The van der Waals surface area contributed by atoms with E-state index in [0.29, 0.717) is 17.6 Å². The van der Waals surface area contributed by atoms with Crippen LogP contribution < -0.4 is 44.9 Å². The fourth-order valence-corrected chi connectivity index (χ4v) is 6.61. The van der Waals surface area contributed by atoms with Crippen LogP contribution in [0.1, 0.15) is 49.0 Å². The summed E-state index contributed by atoms with van der Waals surface area (Å²) in [5, 5.41) is 33.6. The zero-order valence-corrected chi connectivity index (χ0v) is 33.1. The number of anilines is 4. The first-order valence-corrected chi connectivity index (χ1v) is 17.9. The maximum Gasteiger partial charge on any atom is 1.00 e. The van der Waals surface area contributed by atoms with Crippen molar-refractivity contribution in [3.05, 3.63) is 68.9 Å². The molecule has 4 aliphatic heterocycles. The molecule has 0 bridgehead atoms. The molecule has 3 aromatic rings. The van der Waals surface area contributed by atoms with Crippen LogP contribution in [-0.2, 0) is 10.3 Å². The number of carbonyl (C=O) groups excluding carboxylic acids is 1. The molecule has 0 saturated carbocycles. The molecule has 4 fully saturated rings. The number of amides is 1. The first-order chi connectivity index (χ1) is 25.3. The van der Waals surface area contributed by atoms with Crippen molar-refractivity contribution in [1.29, 1.82) is 0 Å². The van der Waals surface area contributed by atoms with Crippen LogP contribution in [0.25, 0.3) is 0 Å². The number of nitrogens with zero attached hydrogens (tertiary/aromatic N) is 5. The van der Waals surface area contributed by atoms with Gasteiger partial charge in [0.05, 0.1) is 28.3 Å². The molecule has 15 nitrogen and oxygen atoms in total. The number of ether oxygens (including phenoxy) is 2. The average molecular weight is 830 g/mol. The number of rotatable bonds is 7. The van der Waals surface area contributed by atoms with Crippen LogP contribution in [0.15, 0.2) is 36.5 Å². The van der Waals surface area contributed by atoms with E-state index in [0.717, 1.165) is 49.8 Å². The van der Waals surface area contributed by atoms with Crippen LogP contribution in [0.4, 0.5) is 42.4 Å². The Morgan fingerprint density at radius 1 is 1.02 bits per heavy atom. The summed E-state index contributed by atoms with van der Waals surface area (Å²) in [6.45, 7) is 15.2. The summed E-state index contributed by atoms with van der Waals surface area (Å²) in [7, 11) is 3.47. The van der Waals surface area contributed by atoms with E-state index in [1.54, 1.807) is 4.90 Å². The molecule has 0 spiro atoms. The molecule has 0 unspecified atom stereocenters. The van der Waals surface area contributed by atoms with Crippen molar-refractivity contribution < 1.29 is 53.4 Å². The molecule has 20 heteroatoms. The van der Waals surface area contributed by atoms with Gasteiger partial charge in [-0.15, -0.1) is 0 Å². The topological polar surface area (TPSA) is 179 Å². The molecule has 0 aliphatic carbocycles. The second-order valence-electron chi connectivity index (χ2n) is 15.3. The van der Waals surface area contributed by atoms with Crippen molar-refractivity contribution in [3.63, 3.8) is 0 Å². The number of nitrogens with one attached hydrogen (secondary N) is 4. The average Bonchev–Trinajstić information content (AvgIpc) is 3.50. The van der Waals surface area contributed by atoms with E-state index in [1.165, 1.54) is 58.9 Å². The van der Waals surface area contributed by atoms with Gasteiger partial charge in [-0.25, -0.2) is 14.2 Å². The van der Waals surface area contributed by atoms with Gasteiger partial charge in [0.2, 0.25) is 11.8 Å². The molecule has 7 rings (SSSR count). The van der Waals surface area contributed by atoms with Gasteiger partial charge >= 0.3 is 30.6 Å². The van der Waals surface area contributed by atoms with E-state index in [-0.39, 0.29) is 90.6 Å². The van der Waals surface area contributed by atoms with Crippen molar-refractivity contribution in [1.82, 2.24) is 30.4 Å². The van der Waals surface area contributed by atoms with Crippen LogP contribution in [0.3, 0.4) is 0 Å². The SMILES string of the molecule is C.CC(C)(C)OC(=O)N1C[C@H]2CN[C@H]2C1.CN1C[C@H]2CN[C@H]2C1.COc1cc(F)c([N+](=O)[O-])cc1Nc1nccc(Nc2cc(Cl)c(F)cc2C(C)(C)O)n1.[AlH3].[H-].[Li+]. The number of nitro groups is 1. The minimum atomic E-state index is -1.39. The Morgan fingerprint density at radius 2 is 1.65 bits per heavy atom. The van der Waals surface area contributed by atoms with Crippen LogP contribution in [0.5, 0.6) is 5.75 Å². The van der Waals surface area contributed by atoms with Crippen LogP contribution >= 0.6 is 11.6 Å². The van der Waals surface area contributed by atoms with Crippen molar-refractivity contribution in [2.45, 2.75) is 65.3 Å². The number of hydrogen-bond donors (Lipinski definition) is 5. The summed E-state index contributed by atoms with van der Waals surface area (Å²) >= 11 is 5.89. The Balaban J connectivity index is 0.000000530. The minimum Gasteiger partial charge on any atom is -1.00 e. The molecule has 1 amide bonds. The van der Waals surface area contributed by atoms with Gasteiger partial charge in [0.15, 0.2) is 17.4 Å². The van der Waals surface area contributed by atoms with Gasteiger partial charge in [-0.1, -0.05) is 19.0 Å². The van der Waals surface area contributed by atoms with Crippen molar-refractivity contribution in [2.75, 3.05) is 64.1 Å². The van der Waals surface area contributed by atoms with E-state index in [2.05, 4.69) is 43.2 Å². The quantitative estimate of drug-likeness (QED) is 0.133. The standard InChI is InChI=1S/C20H18ClF2N5O4.C10H18N2O2.C6H12N2.CH4.Al.Li.4H/c1-20(2,29)10-6-12(22)11(21)7-14(10)25-18-4-5-24-19(27-18)26-15-9-16(28(30)31)13(23)8-17(15)32-3;1-10(2,3)14-9(13)12-5-7-4-11-8(7)6-12;1-8-3-5-2-7-6(5)4-8;;;;;;;/h4-9,29H,1-3H3,(H2,24,25,26,27);7-8,11H,4-6H2,1-3H3;5-7H,2-4H2,1H3;1H4;;;;;;/q;;;;;+1;;;;-1/t;7-,8+;5-,6+;;;;;;;/m.11......./s1. The van der Waals surface area contributed by atoms with Gasteiger partial charge in [0.25, 0.3) is 0 Å². The first kappa shape index (κ1) is 49.9. The van der Waals surface area contributed by atoms with Gasteiger partial charge in [0.1, 0.15) is 23.0 Å². The van der Waals surface area contributed by atoms with E-state index in [9.17, 15) is 28.8 Å². The number of likely N-dealkylation sites (tertiary alicyclic amines) is 2. The molecular formula is C37H56AlClF2LiN9O6. The van der Waals surface area contributed by atoms with Gasteiger partial charge < -0.3 is 47.1 Å². The molecule has 4 aliphatic rings. The molecule has 1 aromatic heterocycles. The van der Waals surface area contributed by atoms with Crippen LogP contribution in [-0.4, -0.2) is 124 Å². The minimum absolute atomic E-state index is 0. The number of carbonyl (C=O) groups is 1. The monoisotopic (exact) mass is 829 g/mol. The molecule has 57 heavy (non-hydrogen) atoms. The fourth-order valence-electron chi connectivity index (χ4n) is 6.45. The molecule has 4 saturated heterocycles. The second kappa shape index (κ2) is 20.6. The van der Waals surface area contributed by atoms with Crippen LogP contribution in [0.2, 0.25) is 5.02 Å². The second-order valence-corrected chi connectivity index (χ2v) is 15.7. The normalized spacial score (nSPS) is 20.4. The number of fused-ring (bicyclic) bond motifs is 2. The smallest absolute Gasteiger partial charge is 1.00 e. The number of hydrogen-bond acceptors (Lipinski definition) is 13. The molecule has 5 N–H and O–H groups in total. The largest absolute Gasteiger partial charge is 1.00 e. The Labute approximate surface area is 361 Å². The molecule has 310 valence electrons. The van der Waals surface area contributed by atoms with E-state index < -0.39 is 27.8 Å². The van der Waals surface area contributed by atoms with Crippen LogP contribution in [0, 0.1) is 33.6 Å². The Morgan fingerprint density at radius 3 is 2.12 bits per heavy atom. The van der Waals surface area contributed by atoms with Crippen molar-refractivity contribution in [2.24, 2.45) is 11.8 Å². The summed E-state index contributed by atoms with van der Waals surface area (Å²) in [5.74, 6) is 0.149. The number of halogens is 3. The molecule has 0 radical (unpaired) electrons. The zero-order valence-electron chi connectivity index (χ0n) is 33.4. The number of aromatic nitrogens is 2. The summed E-state index contributed by atoms with van der Waals surface area (Å²) in [4.78, 5) is 34.3. The maximum atomic E-state index is 13.9. The summed E-state index contributed by atoms with van der Waals surface area (Å²) in [6, 6.07) is 7.13. The van der Waals surface area contributed by atoms with Gasteiger partial charge in [-0.05, 0) is 59.9 Å². The first-order valence-electron chi connectivity index (χ1n) is 17.6. The van der Waals surface area contributed by atoms with Gasteiger partial charge in [-0.2, -0.15) is 9.37 Å².